The van der Waals surface area contributed by atoms with E-state index in [0.29, 0.717) is 0 Å². The van der Waals surface area contributed by atoms with Crippen LogP contribution in [0, 0.1) is 0 Å². The zero-order valence-electron chi connectivity index (χ0n) is 6.77. The summed E-state index contributed by atoms with van der Waals surface area (Å²) in [4.78, 5) is 21.5. The Balaban J connectivity index is 2.68. The van der Waals surface area contributed by atoms with E-state index in [1.54, 1.807) is 0 Å². The molecule has 0 aromatic rings. The van der Waals surface area contributed by atoms with Crippen LogP contribution in [0.25, 0.3) is 0 Å². The minimum Gasteiger partial charge on any atom is -0.329 e. The van der Waals surface area contributed by atoms with Crippen LogP contribution in [-0.2, 0) is 4.79 Å². The van der Waals surface area contributed by atoms with Crippen LogP contribution in [0.2, 0.25) is 0 Å². The van der Waals surface area contributed by atoms with Gasteiger partial charge < -0.3 is 5.32 Å². The molecule has 3 amide bonds. The number of nitrogens with one attached hydrogen (secondary N) is 1. The van der Waals surface area contributed by atoms with Gasteiger partial charge in [-0.15, -0.1) is 0 Å². The average Bonchev–Trinajstić information content (AvgIpc) is 2.35. The van der Waals surface area contributed by atoms with Crippen LogP contribution in [0.15, 0.2) is 0 Å². The third kappa shape index (κ3) is 1.94. The Morgan fingerprint density at radius 3 is 2.36 bits per heavy atom. The topological polar surface area (TPSA) is 49.4 Å². The Bertz CT molecular complexity index is 253. The predicted molar refractivity (Wildman–Crippen MR) is 36.1 cm³/mol. The first-order valence-corrected chi connectivity index (χ1v) is 3.59. The van der Waals surface area contributed by atoms with Crippen LogP contribution in [0.1, 0.15) is 0 Å². The summed E-state index contributed by atoms with van der Waals surface area (Å²) in [5, 5.41) is 1.94. The summed E-state index contributed by atoms with van der Waals surface area (Å²) in [6.45, 7) is -2.02. The standard InChI is InChI=1S/C6H6F4N2O2/c7-4(8)6(9,10)2-12-3(13)1-11-5(12)14/h4H,1-2H2,(H,11,14). The van der Waals surface area contributed by atoms with E-state index in [2.05, 4.69) is 0 Å². The lowest BCUT2D eigenvalue weighted by molar-refractivity contribution is -0.148. The van der Waals surface area contributed by atoms with Crippen LogP contribution < -0.4 is 5.32 Å². The minimum atomic E-state index is -4.36. The lowest BCUT2D eigenvalue weighted by Gasteiger charge is -2.20. The Kier molecular flexibility index (Phi) is 2.63. The van der Waals surface area contributed by atoms with Gasteiger partial charge in [0, 0.05) is 0 Å². The van der Waals surface area contributed by atoms with Gasteiger partial charge in [0.25, 0.3) is 0 Å². The number of alkyl halides is 4. The molecule has 14 heavy (non-hydrogen) atoms. The first-order valence-electron chi connectivity index (χ1n) is 3.59. The monoisotopic (exact) mass is 214 g/mol. The van der Waals surface area contributed by atoms with Gasteiger partial charge in [-0.1, -0.05) is 0 Å². The molecule has 0 aromatic heterocycles. The summed E-state index contributed by atoms with van der Waals surface area (Å²) < 4.78 is 48.2. The third-order valence-electron chi connectivity index (χ3n) is 1.63. The number of amides is 3. The zero-order valence-corrected chi connectivity index (χ0v) is 6.77. The van der Waals surface area contributed by atoms with Crippen molar-refractivity contribution in [2.75, 3.05) is 13.1 Å². The first kappa shape index (κ1) is 10.7. The fraction of sp³-hybridized carbons (Fsp3) is 0.667. The number of nitrogens with zero attached hydrogens (tertiary/aromatic N) is 1. The molecule has 0 radical (unpaired) electrons. The van der Waals surface area contributed by atoms with Crippen molar-refractivity contribution in [1.82, 2.24) is 10.2 Å². The third-order valence-corrected chi connectivity index (χ3v) is 1.63. The molecule has 1 rings (SSSR count). The van der Waals surface area contributed by atoms with Gasteiger partial charge in [0.1, 0.15) is 6.54 Å². The van der Waals surface area contributed by atoms with Crippen molar-refractivity contribution < 1.29 is 27.2 Å². The highest BCUT2D eigenvalue weighted by Gasteiger charge is 2.46. The normalized spacial score (nSPS) is 17.9. The van der Waals surface area contributed by atoms with Crippen LogP contribution in [-0.4, -0.2) is 42.3 Å². The number of carbonyl (C=O) groups excluding carboxylic acids is 2. The molecule has 80 valence electrons. The molecule has 1 fully saturated rings. The van der Waals surface area contributed by atoms with Gasteiger partial charge in [0.2, 0.25) is 5.91 Å². The van der Waals surface area contributed by atoms with Gasteiger partial charge in [-0.05, 0) is 0 Å². The molecular weight excluding hydrogens is 208 g/mol. The number of rotatable bonds is 3. The molecule has 1 heterocycles. The van der Waals surface area contributed by atoms with E-state index in [1.807, 2.05) is 5.32 Å². The van der Waals surface area contributed by atoms with E-state index in [9.17, 15) is 27.2 Å². The second kappa shape index (κ2) is 3.43. The van der Waals surface area contributed by atoms with Crippen molar-refractivity contribution in [1.29, 1.82) is 0 Å². The minimum absolute atomic E-state index is 0.0756. The molecule has 8 heteroatoms. The fourth-order valence-corrected chi connectivity index (χ4v) is 0.895. The second-order valence-electron chi connectivity index (χ2n) is 2.70. The van der Waals surface area contributed by atoms with E-state index in [1.165, 1.54) is 0 Å². The molecule has 0 bridgehead atoms. The maximum absolute atomic E-state index is 12.4. The Hall–Kier alpha value is -1.34. The van der Waals surface area contributed by atoms with E-state index in [4.69, 9.17) is 0 Å². The smallest absolute Gasteiger partial charge is 0.325 e. The summed E-state index contributed by atoms with van der Waals surface area (Å²) in [7, 11) is 0. The van der Waals surface area contributed by atoms with Crippen LogP contribution in [0.5, 0.6) is 0 Å². The maximum Gasteiger partial charge on any atom is 0.325 e. The number of hydrogen-bond donors (Lipinski definition) is 1. The molecule has 0 spiro atoms. The van der Waals surface area contributed by atoms with Gasteiger partial charge in [-0.25, -0.2) is 13.6 Å². The van der Waals surface area contributed by atoms with Gasteiger partial charge in [0.05, 0.1) is 6.54 Å². The second-order valence-corrected chi connectivity index (χ2v) is 2.70. The number of hydrogen-bond acceptors (Lipinski definition) is 2. The van der Waals surface area contributed by atoms with Crippen molar-refractivity contribution >= 4 is 11.9 Å². The lowest BCUT2D eigenvalue weighted by atomic mass is 10.3. The Morgan fingerprint density at radius 1 is 1.43 bits per heavy atom. The van der Waals surface area contributed by atoms with Gasteiger partial charge in [-0.2, -0.15) is 8.78 Å². The quantitative estimate of drug-likeness (QED) is 0.547. The number of carbonyl (C=O) groups is 2. The number of urea groups is 1. The van der Waals surface area contributed by atoms with Crippen molar-refractivity contribution in [3.05, 3.63) is 0 Å². The predicted octanol–water partition coefficient (Wildman–Crippen LogP) is 0.439. The van der Waals surface area contributed by atoms with Crippen LogP contribution in [0.4, 0.5) is 22.4 Å². The van der Waals surface area contributed by atoms with E-state index in [0.717, 1.165) is 0 Å². The van der Waals surface area contributed by atoms with E-state index >= 15 is 0 Å². The van der Waals surface area contributed by atoms with Crippen molar-refractivity contribution in [2.24, 2.45) is 0 Å². The highest BCUT2D eigenvalue weighted by molar-refractivity contribution is 6.01. The molecule has 0 aliphatic carbocycles. The van der Waals surface area contributed by atoms with Crippen LogP contribution in [0.3, 0.4) is 0 Å². The molecule has 1 saturated heterocycles. The number of halogens is 4. The molecule has 0 atom stereocenters. The molecule has 0 aromatic carbocycles. The summed E-state index contributed by atoms with van der Waals surface area (Å²) in [5.41, 5.74) is 0. The van der Waals surface area contributed by atoms with Crippen molar-refractivity contribution in [3.8, 4) is 0 Å². The highest BCUT2D eigenvalue weighted by atomic mass is 19.3. The average molecular weight is 214 g/mol. The molecule has 4 nitrogen and oxygen atoms in total. The molecule has 0 unspecified atom stereocenters. The molecule has 1 aliphatic rings. The van der Waals surface area contributed by atoms with Crippen molar-refractivity contribution in [2.45, 2.75) is 12.3 Å². The summed E-state index contributed by atoms with van der Waals surface area (Å²) in [5.74, 6) is -5.30. The van der Waals surface area contributed by atoms with E-state index in [-0.39, 0.29) is 4.90 Å². The summed E-state index contributed by atoms with van der Waals surface area (Å²) in [6.07, 6.45) is -3.90. The Morgan fingerprint density at radius 2 is 2.00 bits per heavy atom. The molecule has 1 N–H and O–H groups in total. The largest absolute Gasteiger partial charge is 0.329 e. The molecule has 0 saturated carbocycles. The summed E-state index contributed by atoms with van der Waals surface area (Å²) in [6, 6.07) is -1.07. The highest BCUT2D eigenvalue weighted by Crippen LogP contribution is 2.24. The lowest BCUT2D eigenvalue weighted by Crippen LogP contribution is -2.44. The fourth-order valence-electron chi connectivity index (χ4n) is 0.895. The molecule has 1 aliphatic heterocycles. The van der Waals surface area contributed by atoms with Gasteiger partial charge in [-0.3, -0.25) is 9.69 Å². The SMILES string of the molecule is O=C1CNC(=O)N1CC(F)(F)C(F)F. The van der Waals surface area contributed by atoms with E-state index < -0.39 is 37.4 Å². The van der Waals surface area contributed by atoms with Crippen molar-refractivity contribution in [3.63, 3.8) is 0 Å². The Labute approximate surface area is 75.9 Å². The maximum atomic E-state index is 12.4. The number of imide groups is 1. The van der Waals surface area contributed by atoms with Crippen LogP contribution >= 0.6 is 0 Å². The summed E-state index contributed by atoms with van der Waals surface area (Å²) >= 11 is 0. The molecular formula is C6H6F4N2O2. The zero-order chi connectivity index (χ0) is 10.9. The van der Waals surface area contributed by atoms with Gasteiger partial charge in [0.15, 0.2) is 0 Å². The van der Waals surface area contributed by atoms with Gasteiger partial charge >= 0.3 is 18.4 Å². The first-order chi connectivity index (χ1) is 6.34.